The lowest BCUT2D eigenvalue weighted by molar-refractivity contribution is -0.120. The third-order valence-electron chi connectivity index (χ3n) is 3.11. The number of aryl methyl sites for hydroxylation is 1. The summed E-state index contributed by atoms with van der Waals surface area (Å²) in [4.78, 5) is 13.0. The van der Waals surface area contributed by atoms with Crippen LogP contribution in [-0.4, -0.2) is 34.8 Å². The molecule has 2 heterocycles. The number of thiophene rings is 1. The minimum atomic E-state index is 0.0371. The highest BCUT2D eigenvalue weighted by Gasteiger charge is 2.06. The molecule has 0 radical (unpaired) electrons. The third-order valence-corrected chi connectivity index (χ3v) is 4.04. The number of hydrogen-bond donors (Lipinski definition) is 2. The van der Waals surface area contributed by atoms with Crippen molar-refractivity contribution < 1.29 is 4.79 Å². The van der Waals surface area contributed by atoms with Crippen LogP contribution in [0.25, 0.3) is 0 Å². The maximum absolute atomic E-state index is 11.7. The molecule has 2 rings (SSSR count). The molecular formula is C15H22N4OS. The van der Waals surface area contributed by atoms with Gasteiger partial charge in [0.2, 0.25) is 5.91 Å². The summed E-state index contributed by atoms with van der Waals surface area (Å²) < 4.78 is 1.89. The van der Waals surface area contributed by atoms with Crippen LogP contribution in [0.15, 0.2) is 29.9 Å². The summed E-state index contributed by atoms with van der Waals surface area (Å²) in [5.74, 6) is 0.0371. The number of rotatable bonds is 8. The molecular weight excluding hydrogens is 284 g/mol. The van der Waals surface area contributed by atoms with Gasteiger partial charge in [-0.15, -0.1) is 11.3 Å². The van der Waals surface area contributed by atoms with Gasteiger partial charge in [-0.25, -0.2) is 0 Å². The van der Waals surface area contributed by atoms with E-state index in [0.717, 1.165) is 18.5 Å². The fraction of sp³-hybridized carbons (Fsp3) is 0.467. The van der Waals surface area contributed by atoms with Crippen molar-refractivity contribution in [2.45, 2.75) is 32.9 Å². The Labute approximate surface area is 129 Å². The summed E-state index contributed by atoms with van der Waals surface area (Å²) in [6.07, 6.45) is 4.73. The molecule has 2 aromatic rings. The van der Waals surface area contributed by atoms with Crippen LogP contribution in [0.2, 0.25) is 0 Å². The molecule has 2 N–H and O–H groups in total. The van der Waals surface area contributed by atoms with Gasteiger partial charge in [0.1, 0.15) is 0 Å². The summed E-state index contributed by atoms with van der Waals surface area (Å²) >= 11 is 1.72. The second-order valence-corrected chi connectivity index (χ2v) is 6.23. The zero-order chi connectivity index (χ0) is 15.1. The average molecular weight is 306 g/mol. The number of carbonyl (C=O) groups is 1. The van der Waals surface area contributed by atoms with Gasteiger partial charge in [-0.05, 0) is 37.3 Å². The molecule has 5 nitrogen and oxygen atoms in total. The number of carbonyl (C=O) groups excluding carboxylic acids is 1. The maximum Gasteiger partial charge on any atom is 0.233 e. The second kappa shape index (κ2) is 7.95. The van der Waals surface area contributed by atoms with E-state index in [9.17, 15) is 4.79 Å². The zero-order valence-corrected chi connectivity index (χ0v) is 13.3. The van der Waals surface area contributed by atoms with Crippen molar-refractivity contribution in [3.8, 4) is 0 Å². The molecule has 1 atom stereocenters. The summed E-state index contributed by atoms with van der Waals surface area (Å²) in [7, 11) is 0. The van der Waals surface area contributed by atoms with Crippen LogP contribution < -0.4 is 10.6 Å². The zero-order valence-electron chi connectivity index (χ0n) is 12.5. The van der Waals surface area contributed by atoms with Gasteiger partial charge in [-0.3, -0.25) is 9.48 Å². The molecule has 0 bridgehead atoms. The summed E-state index contributed by atoms with van der Waals surface area (Å²) in [6.45, 7) is 5.86. The number of nitrogens with one attached hydrogen (secondary N) is 2. The Kier molecular flexibility index (Phi) is 5.95. The van der Waals surface area contributed by atoms with E-state index >= 15 is 0 Å². The lowest BCUT2D eigenvalue weighted by Gasteiger charge is -2.13. The van der Waals surface area contributed by atoms with Crippen molar-refractivity contribution in [2.24, 2.45) is 0 Å². The predicted octanol–water partition coefficient (Wildman–Crippen LogP) is 1.59. The number of nitrogens with zero attached hydrogens (tertiary/aromatic N) is 2. The number of amides is 1. The van der Waals surface area contributed by atoms with Crippen LogP contribution >= 0.6 is 11.3 Å². The SMILES string of the molecule is Cc1cnn(C[C@H](C)NCC(=O)NCCc2cccs2)c1. The van der Waals surface area contributed by atoms with Gasteiger partial charge in [0.25, 0.3) is 0 Å². The van der Waals surface area contributed by atoms with Crippen LogP contribution in [0.4, 0.5) is 0 Å². The van der Waals surface area contributed by atoms with Gasteiger partial charge in [0.15, 0.2) is 0 Å². The normalized spacial score (nSPS) is 12.3. The fourth-order valence-electron chi connectivity index (χ4n) is 2.02. The molecule has 0 aliphatic rings. The minimum Gasteiger partial charge on any atom is -0.355 e. The molecule has 114 valence electrons. The topological polar surface area (TPSA) is 59.0 Å². The molecule has 0 unspecified atom stereocenters. The maximum atomic E-state index is 11.7. The molecule has 0 fully saturated rings. The molecule has 0 aromatic carbocycles. The minimum absolute atomic E-state index is 0.0371. The van der Waals surface area contributed by atoms with E-state index in [1.807, 2.05) is 30.1 Å². The van der Waals surface area contributed by atoms with Crippen LogP contribution in [0.5, 0.6) is 0 Å². The first-order valence-corrected chi connectivity index (χ1v) is 8.03. The monoisotopic (exact) mass is 306 g/mol. The Balaban J connectivity index is 1.59. The Bertz CT molecular complexity index is 550. The fourth-order valence-corrected chi connectivity index (χ4v) is 2.73. The Morgan fingerprint density at radius 1 is 1.52 bits per heavy atom. The summed E-state index contributed by atoms with van der Waals surface area (Å²) in [6, 6.07) is 4.32. The van der Waals surface area contributed by atoms with E-state index in [0.29, 0.717) is 13.1 Å². The first-order chi connectivity index (χ1) is 10.1. The van der Waals surface area contributed by atoms with E-state index in [-0.39, 0.29) is 11.9 Å². The van der Waals surface area contributed by atoms with E-state index in [1.54, 1.807) is 11.3 Å². The molecule has 0 aliphatic heterocycles. The lowest BCUT2D eigenvalue weighted by Crippen LogP contribution is -2.40. The van der Waals surface area contributed by atoms with Gasteiger partial charge in [0.05, 0.1) is 19.3 Å². The Morgan fingerprint density at radius 3 is 3.05 bits per heavy atom. The predicted molar refractivity (Wildman–Crippen MR) is 85.5 cm³/mol. The average Bonchev–Trinajstić information content (AvgIpc) is 3.08. The lowest BCUT2D eigenvalue weighted by atomic mass is 10.3. The number of aromatic nitrogens is 2. The summed E-state index contributed by atoms with van der Waals surface area (Å²) in [5, 5.41) is 12.4. The van der Waals surface area contributed by atoms with Gasteiger partial charge >= 0.3 is 0 Å². The third kappa shape index (κ3) is 5.69. The molecule has 0 saturated carbocycles. The van der Waals surface area contributed by atoms with Crippen molar-refractivity contribution in [1.29, 1.82) is 0 Å². The van der Waals surface area contributed by atoms with Gasteiger partial charge in [-0.1, -0.05) is 6.07 Å². The first kappa shape index (κ1) is 15.7. The van der Waals surface area contributed by atoms with Gasteiger partial charge < -0.3 is 10.6 Å². The standard InChI is InChI=1S/C15H22N4OS/c1-12-8-18-19(10-12)11-13(2)17-9-15(20)16-6-5-14-4-3-7-21-14/h3-4,7-8,10,13,17H,5-6,9,11H2,1-2H3,(H,16,20)/t13-/m0/s1. The second-order valence-electron chi connectivity index (χ2n) is 5.20. The smallest absolute Gasteiger partial charge is 0.233 e. The first-order valence-electron chi connectivity index (χ1n) is 7.15. The van der Waals surface area contributed by atoms with Crippen LogP contribution in [0, 0.1) is 6.92 Å². The van der Waals surface area contributed by atoms with Gasteiger partial charge in [-0.2, -0.15) is 5.10 Å². The van der Waals surface area contributed by atoms with Crippen molar-refractivity contribution in [1.82, 2.24) is 20.4 Å². The highest BCUT2D eigenvalue weighted by atomic mass is 32.1. The van der Waals surface area contributed by atoms with E-state index in [2.05, 4.69) is 34.1 Å². The van der Waals surface area contributed by atoms with Crippen LogP contribution in [0.1, 0.15) is 17.4 Å². The highest BCUT2D eigenvalue weighted by Crippen LogP contribution is 2.07. The molecule has 0 spiro atoms. The largest absolute Gasteiger partial charge is 0.355 e. The van der Waals surface area contributed by atoms with Crippen molar-refractivity contribution >= 4 is 17.2 Å². The van der Waals surface area contributed by atoms with E-state index in [1.165, 1.54) is 4.88 Å². The van der Waals surface area contributed by atoms with E-state index in [4.69, 9.17) is 0 Å². The van der Waals surface area contributed by atoms with Gasteiger partial charge in [0, 0.05) is 23.7 Å². The molecule has 0 aliphatic carbocycles. The Hall–Kier alpha value is -1.66. The molecule has 21 heavy (non-hydrogen) atoms. The summed E-state index contributed by atoms with van der Waals surface area (Å²) in [5.41, 5.74) is 1.15. The number of hydrogen-bond acceptors (Lipinski definition) is 4. The molecule has 2 aromatic heterocycles. The Morgan fingerprint density at radius 2 is 2.38 bits per heavy atom. The van der Waals surface area contributed by atoms with Crippen molar-refractivity contribution in [3.63, 3.8) is 0 Å². The molecule has 1 amide bonds. The van der Waals surface area contributed by atoms with Crippen molar-refractivity contribution in [3.05, 3.63) is 40.3 Å². The highest BCUT2D eigenvalue weighted by molar-refractivity contribution is 7.09. The van der Waals surface area contributed by atoms with Crippen LogP contribution in [-0.2, 0) is 17.8 Å². The van der Waals surface area contributed by atoms with E-state index < -0.39 is 0 Å². The van der Waals surface area contributed by atoms with Crippen molar-refractivity contribution in [2.75, 3.05) is 13.1 Å². The van der Waals surface area contributed by atoms with Crippen LogP contribution in [0.3, 0.4) is 0 Å². The molecule has 6 heteroatoms. The quantitative estimate of drug-likeness (QED) is 0.778. The molecule has 0 saturated heterocycles.